The van der Waals surface area contributed by atoms with E-state index < -0.39 is 29.2 Å². The first-order valence-electron chi connectivity index (χ1n) is 5.11. The first kappa shape index (κ1) is 13.5. The average molecular weight is 279 g/mol. The lowest BCUT2D eigenvalue weighted by atomic mass is 10.1. The van der Waals surface area contributed by atoms with Gasteiger partial charge in [0.1, 0.15) is 0 Å². The van der Waals surface area contributed by atoms with Crippen LogP contribution in [0.25, 0.3) is 5.69 Å². The lowest BCUT2D eigenvalue weighted by Gasteiger charge is -2.16. The number of halogens is 6. The molecule has 0 saturated heterocycles. The Balaban J connectivity index is 2.65. The molecule has 0 spiro atoms. The predicted octanol–water partition coefficient (Wildman–Crippen LogP) is 4.51. The fourth-order valence-electron chi connectivity index (χ4n) is 1.66. The lowest BCUT2D eigenvalue weighted by molar-refractivity contribution is -0.141. The summed E-state index contributed by atoms with van der Waals surface area (Å²) in [4.78, 5) is 0. The maximum atomic E-state index is 12.8. The highest BCUT2D eigenvalue weighted by Gasteiger charge is 2.37. The zero-order valence-corrected chi connectivity index (χ0v) is 9.26. The van der Waals surface area contributed by atoms with E-state index in [1.54, 1.807) is 0 Å². The maximum absolute atomic E-state index is 12.8. The monoisotopic (exact) mass is 279 g/mol. The number of aromatic nitrogens is 1. The summed E-state index contributed by atoms with van der Waals surface area (Å²) in [6.45, 7) is 0. The van der Waals surface area contributed by atoms with Gasteiger partial charge >= 0.3 is 12.4 Å². The fraction of sp³-hybridized carbons (Fsp3) is 0.167. The maximum Gasteiger partial charge on any atom is 0.418 e. The van der Waals surface area contributed by atoms with E-state index in [-0.39, 0.29) is 0 Å². The van der Waals surface area contributed by atoms with Crippen LogP contribution in [0.15, 0.2) is 42.7 Å². The lowest BCUT2D eigenvalue weighted by Crippen LogP contribution is -2.13. The van der Waals surface area contributed by atoms with Crippen LogP contribution in [0.1, 0.15) is 11.1 Å². The molecule has 0 fully saturated rings. The van der Waals surface area contributed by atoms with Crippen molar-refractivity contribution in [1.82, 2.24) is 4.57 Å². The minimum atomic E-state index is -4.72. The molecular weight excluding hydrogens is 272 g/mol. The molecular formula is C12H7F6N. The minimum Gasteiger partial charge on any atom is -0.323 e. The van der Waals surface area contributed by atoms with E-state index in [1.165, 1.54) is 24.5 Å². The molecule has 0 unspecified atom stereocenters. The highest BCUT2D eigenvalue weighted by Crippen LogP contribution is 2.37. The molecule has 0 aliphatic heterocycles. The SMILES string of the molecule is FC(F)(F)c1ccc(C(F)(F)F)c(-n2cccc2)c1. The van der Waals surface area contributed by atoms with Crippen LogP contribution in [0.4, 0.5) is 26.3 Å². The molecule has 0 radical (unpaired) electrons. The summed E-state index contributed by atoms with van der Waals surface area (Å²) in [6, 6.07) is 4.22. The van der Waals surface area contributed by atoms with Crippen molar-refractivity contribution in [2.45, 2.75) is 12.4 Å². The van der Waals surface area contributed by atoms with Crippen LogP contribution in [0.3, 0.4) is 0 Å². The topological polar surface area (TPSA) is 4.93 Å². The first-order valence-corrected chi connectivity index (χ1v) is 5.11. The van der Waals surface area contributed by atoms with Gasteiger partial charge in [0.25, 0.3) is 0 Å². The first-order chi connectivity index (χ1) is 8.69. The number of alkyl halides is 6. The van der Waals surface area contributed by atoms with Gasteiger partial charge in [-0.2, -0.15) is 26.3 Å². The van der Waals surface area contributed by atoms with Crippen LogP contribution in [-0.4, -0.2) is 4.57 Å². The second-order valence-electron chi connectivity index (χ2n) is 3.82. The normalized spacial score (nSPS) is 12.7. The second kappa shape index (κ2) is 4.32. The van der Waals surface area contributed by atoms with Crippen molar-refractivity contribution in [3.05, 3.63) is 53.9 Å². The Hall–Kier alpha value is -1.92. The van der Waals surface area contributed by atoms with E-state index in [0.29, 0.717) is 18.2 Å². The standard InChI is InChI=1S/C12H7F6N/c13-11(14,15)8-3-4-9(12(16,17)18)10(7-8)19-5-1-2-6-19/h1-7H. The van der Waals surface area contributed by atoms with E-state index in [2.05, 4.69) is 0 Å². The Morgan fingerprint density at radius 3 is 1.84 bits per heavy atom. The highest BCUT2D eigenvalue weighted by atomic mass is 19.4. The Morgan fingerprint density at radius 2 is 1.37 bits per heavy atom. The summed E-state index contributed by atoms with van der Waals surface area (Å²) in [7, 11) is 0. The summed E-state index contributed by atoms with van der Waals surface area (Å²) >= 11 is 0. The number of benzene rings is 1. The van der Waals surface area contributed by atoms with Gasteiger partial charge in [-0.1, -0.05) is 0 Å². The molecule has 1 nitrogen and oxygen atoms in total. The number of rotatable bonds is 1. The molecule has 1 aromatic carbocycles. The van der Waals surface area contributed by atoms with Gasteiger partial charge in [0.15, 0.2) is 0 Å². The molecule has 0 aliphatic rings. The largest absolute Gasteiger partial charge is 0.418 e. The van der Waals surface area contributed by atoms with Crippen molar-refractivity contribution < 1.29 is 26.3 Å². The number of nitrogens with zero attached hydrogens (tertiary/aromatic N) is 1. The van der Waals surface area contributed by atoms with Crippen molar-refractivity contribution in [3.63, 3.8) is 0 Å². The average Bonchev–Trinajstić information content (AvgIpc) is 2.79. The quantitative estimate of drug-likeness (QED) is 0.677. The summed E-state index contributed by atoms with van der Waals surface area (Å²) in [5.41, 5.74) is -2.78. The van der Waals surface area contributed by atoms with Crippen molar-refractivity contribution >= 4 is 0 Å². The van der Waals surface area contributed by atoms with Gasteiger partial charge in [0.05, 0.1) is 16.8 Å². The number of hydrogen-bond acceptors (Lipinski definition) is 0. The van der Waals surface area contributed by atoms with Crippen LogP contribution in [0.5, 0.6) is 0 Å². The second-order valence-corrected chi connectivity index (χ2v) is 3.82. The van der Waals surface area contributed by atoms with Crippen molar-refractivity contribution in [1.29, 1.82) is 0 Å². The molecule has 1 heterocycles. The Kier molecular flexibility index (Phi) is 3.07. The zero-order chi connectivity index (χ0) is 14.3. The van der Waals surface area contributed by atoms with E-state index >= 15 is 0 Å². The third-order valence-electron chi connectivity index (χ3n) is 2.51. The van der Waals surface area contributed by atoms with Crippen LogP contribution >= 0.6 is 0 Å². The van der Waals surface area contributed by atoms with E-state index in [4.69, 9.17) is 0 Å². The van der Waals surface area contributed by atoms with E-state index in [1.807, 2.05) is 0 Å². The van der Waals surface area contributed by atoms with Crippen LogP contribution in [0.2, 0.25) is 0 Å². The smallest absolute Gasteiger partial charge is 0.323 e. The summed E-state index contributed by atoms with van der Waals surface area (Å²) in [5, 5.41) is 0. The molecule has 19 heavy (non-hydrogen) atoms. The molecule has 0 N–H and O–H groups in total. The number of hydrogen-bond donors (Lipinski definition) is 0. The molecule has 102 valence electrons. The van der Waals surface area contributed by atoms with Gasteiger partial charge < -0.3 is 4.57 Å². The molecule has 0 saturated carbocycles. The molecule has 1 aromatic heterocycles. The highest BCUT2D eigenvalue weighted by molar-refractivity contribution is 5.46. The molecule has 2 rings (SSSR count). The van der Waals surface area contributed by atoms with Crippen molar-refractivity contribution in [2.75, 3.05) is 0 Å². The third-order valence-corrected chi connectivity index (χ3v) is 2.51. The van der Waals surface area contributed by atoms with Crippen molar-refractivity contribution in [3.8, 4) is 5.69 Å². The van der Waals surface area contributed by atoms with Crippen LogP contribution in [-0.2, 0) is 12.4 Å². The Bertz CT molecular complexity index is 565. The van der Waals surface area contributed by atoms with Gasteiger partial charge in [0, 0.05) is 12.4 Å². The summed E-state index contributed by atoms with van der Waals surface area (Å²) in [5.74, 6) is 0. The van der Waals surface area contributed by atoms with Crippen molar-refractivity contribution in [2.24, 2.45) is 0 Å². The van der Waals surface area contributed by atoms with Crippen LogP contribution in [0, 0.1) is 0 Å². The van der Waals surface area contributed by atoms with E-state index in [9.17, 15) is 26.3 Å². The van der Waals surface area contributed by atoms with Gasteiger partial charge in [-0.05, 0) is 30.3 Å². The Labute approximate surface area is 104 Å². The third kappa shape index (κ3) is 2.74. The summed E-state index contributed by atoms with van der Waals surface area (Å²) in [6.07, 6.45) is -6.90. The molecule has 0 aliphatic carbocycles. The van der Waals surface area contributed by atoms with Gasteiger partial charge in [-0.3, -0.25) is 0 Å². The van der Waals surface area contributed by atoms with E-state index in [0.717, 1.165) is 4.57 Å². The summed E-state index contributed by atoms with van der Waals surface area (Å²) < 4.78 is 77.0. The molecule has 7 heteroatoms. The molecule has 0 atom stereocenters. The minimum absolute atomic E-state index is 0.426. The Morgan fingerprint density at radius 1 is 0.789 bits per heavy atom. The van der Waals surface area contributed by atoms with Gasteiger partial charge in [-0.25, -0.2) is 0 Å². The van der Waals surface area contributed by atoms with Gasteiger partial charge in [0.2, 0.25) is 0 Å². The predicted molar refractivity (Wildman–Crippen MR) is 55.8 cm³/mol. The van der Waals surface area contributed by atoms with Gasteiger partial charge in [-0.15, -0.1) is 0 Å². The molecule has 0 bridgehead atoms. The molecule has 2 aromatic rings. The zero-order valence-electron chi connectivity index (χ0n) is 9.26. The molecule has 0 amide bonds. The fourth-order valence-corrected chi connectivity index (χ4v) is 1.66. The van der Waals surface area contributed by atoms with Crippen LogP contribution < -0.4 is 0 Å².